The van der Waals surface area contributed by atoms with Crippen LogP contribution in [-0.4, -0.2) is 55.7 Å². The maximum Gasteiger partial charge on any atom is 0.248 e. The summed E-state index contributed by atoms with van der Waals surface area (Å²) in [5, 5.41) is 7.84. The lowest BCUT2D eigenvalue weighted by molar-refractivity contribution is 0.1000. The van der Waals surface area contributed by atoms with E-state index in [0.717, 1.165) is 16.9 Å². The number of primary amides is 1. The molecule has 0 saturated carbocycles. The molecule has 0 unspecified atom stereocenters. The van der Waals surface area contributed by atoms with E-state index in [4.69, 9.17) is 19.6 Å². The lowest BCUT2D eigenvalue weighted by Gasteiger charge is -2.43. The van der Waals surface area contributed by atoms with Crippen molar-refractivity contribution in [3.8, 4) is 5.75 Å². The minimum Gasteiger partial charge on any atom is -0.491 e. The Labute approximate surface area is 227 Å². The molecule has 0 radical (unpaired) electrons. The number of hydrogen-bond donors (Lipinski definition) is 2. The number of nitrogens with zero attached hydrogens (tertiary/aromatic N) is 4. The van der Waals surface area contributed by atoms with Crippen LogP contribution in [-0.2, 0) is 17.3 Å². The van der Waals surface area contributed by atoms with Crippen LogP contribution in [0.25, 0.3) is 16.7 Å². The molecule has 0 aliphatic heterocycles. The number of allylic oxidation sites excluding steroid dienone is 1. The zero-order valence-corrected chi connectivity index (χ0v) is 24.6. The number of imidazole rings is 1. The summed E-state index contributed by atoms with van der Waals surface area (Å²) in [7, 11) is -1.21. The summed E-state index contributed by atoms with van der Waals surface area (Å²) in [4.78, 5) is 16.9. The molecule has 2 aromatic heterocycles. The summed E-state index contributed by atoms with van der Waals surface area (Å²) in [5.41, 5.74) is 9.73. The number of ether oxygens (including phenoxy) is 1. The summed E-state index contributed by atoms with van der Waals surface area (Å²) >= 11 is 0. The highest BCUT2D eigenvalue weighted by Crippen LogP contribution is 2.53. The van der Waals surface area contributed by atoms with Gasteiger partial charge in [0.25, 0.3) is 0 Å². The molecule has 0 aliphatic rings. The van der Waals surface area contributed by atoms with Gasteiger partial charge in [-0.2, -0.15) is 5.10 Å². The minimum absolute atomic E-state index is 0.0912. The normalized spacial score (nSPS) is 12.5. The zero-order chi connectivity index (χ0) is 28.3. The highest BCUT2D eigenvalue weighted by molar-refractivity contribution is 8.29. The number of carbonyl (C=O) groups is 1. The first-order valence-corrected chi connectivity index (χ1v) is 15.1. The van der Waals surface area contributed by atoms with Gasteiger partial charge in [-0.05, 0) is 44.6 Å². The van der Waals surface area contributed by atoms with E-state index in [1.165, 1.54) is 0 Å². The first kappa shape index (κ1) is 29.3. The van der Waals surface area contributed by atoms with Crippen LogP contribution in [0.3, 0.4) is 0 Å². The van der Waals surface area contributed by atoms with Crippen LogP contribution in [0.4, 0.5) is 5.95 Å². The molecule has 0 saturated heterocycles. The Kier molecular flexibility index (Phi) is 8.99. The molecule has 2 heterocycles. The molecule has 0 fully saturated rings. The second kappa shape index (κ2) is 11.7. The molecule has 0 atom stereocenters. The van der Waals surface area contributed by atoms with E-state index >= 15 is 0 Å². The van der Waals surface area contributed by atoms with Crippen LogP contribution in [0.15, 0.2) is 37.4 Å². The van der Waals surface area contributed by atoms with E-state index in [1.54, 1.807) is 18.2 Å². The van der Waals surface area contributed by atoms with Gasteiger partial charge < -0.3 is 24.5 Å². The van der Waals surface area contributed by atoms with Gasteiger partial charge in [0.2, 0.25) is 11.9 Å². The maximum atomic E-state index is 12.1. The van der Waals surface area contributed by atoms with Crippen molar-refractivity contribution >= 4 is 38.9 Å². The summed E-state index contributed by atoms with van der Waals surface area (Å²) in [6, 6.07) is 5.33. The van der Waals surface area contributed by atoms with Gasteiger partial charge in [0.15, 0.2) is 0 Å². The third-order valence-corrected chi connectivity index (χ3v) is 10.3. The molecule has 208 valence electrons. The van der Waals surface area contributed by atoms with Gasteiger partial charge >= 0.3 is 0 Å². The molecule has 1 aromatic carbocycles. The number of nitrogens with one attached hydrogen (secondary N) is 1. The first-order valence-electron chi connectivity index (χ1n) is 12.7. The standard InChI is InChI=1S/C28H42N6O3S/c1-10-13-33-25-22(31-27(33)30-20(4)23-16-19(3)32-34(23)11-2)17-21(26(29)35)18-24(25)36-14-12-15-37-38(8,9)28(5,6)7/h10,16-18H,1,4,11-15H2,2-3,5-9H3,(H2,29,35)(H,30,31). The van der Waals surface area contributed by atoms with Crippen molar-refractivity contribution < 1.29 is 13.7 Å². The quantitative estimate of drug-likeness (QED) is 0.218. The Morgan fingerprint density at radius 3 is 2.55 bits per heavy atom. The summed E-state index contributed by atoms with van der Waals surface area (Å²) in [5.74, 6) is 0.535. The topological polar surface area (TPSA) is 109 Å². The van der Waals surface area contributed by atoms with Crippen molar-refractivity contribution in [2.24, 2.45) is 5.73 Å². The summed E-state index contributed by atoms with van der Waals surface area (Å²) in [6.07, 6.45) is 6.84. The molecule has 10 heteroatoms. The fourth-order valence-corrected chi connectivity index (χ4v) is 4.69. The Morgan fingerprint density at radius 2 is 1.95 bits per heavy atom. The number of nitrogens with two attached hydrogens (primary N) is 1. The van der Waals surface area contributed by atoms with Crippen LogP contribution in [0.1, 0.15) is 55.9 Å². The minimum atomic E-state index is -1.21. The van der Waals surface area contributed by atoms with E-state index in [0.29, 0.717) is 61.2 Å². The second-order valence-corrected chi connectivity index (χ2v) is 14.4. The van der Waals surface area contributed by atoms with Gasteiger partial charge in [-0.1, -0.05) is 33.4 Å². The first-order chi connectivity index (χ1) is 17.8. The smallest absolute Gasteiger partial charge is 0.248 e. The Bertz CT molecular complexity index is 1330. The van der Waals surface area contributed by atoms with Gasteiger partial charge in [0.05, 0.1) is 35.8 Å². The molecular weight excluding hydrogens is 500 g/mol. The van der Waals surface area contributed by atoms with Crippen LogP contribution < -0.4 is 15.8 Å². The molecule has 0 aliphatic carbocycles. The van der Waals surface area contributed by atoms with Crippen LogP contribution >= 0.6 is 10.3 Å². The van der Waals surface area contributed by atoms with Crippen LogP contribution in [0.5, 0.6) is 5.75 Å². The van der Waals surface area contributed by atoms with Crippen LogP contribution in [0, 0.1) is 6.92 Å². The van der Waals surface area contributed by atoms with Crippen molar-refractivity contribution in [2.75, 3.05) is 31.0 Å². The van der Waals surface area contributed by atoms with Crippen molar-refractivity contribution in [1.82, 2.24) is 19.3 Å². The number of carbonyl (C=O) groups excluding carboxylic acids is 1. The fraction of sp³-hybridized carbons (Fsp3) is 0.464. The molecular formula is C28H42N6O3S. The monoisotopic (exact) mass is 542 g/mol. The van der Waals surface area contributed by atoms with Gasteiger partial charge in [-0.15, -0.1) is 16.9 Å². The van der Waals surface area contributed by atoms with Gasteiger partial charge in [-0.25, -0.2) is 4.98 Å². The molecule has 3 rings (SSSR count). The van der Waals surface area contributed by atoms with Crippen molar-refractivity contribution in [1.29, 1.82) is 0 Å². The van der Waals surface area contributed by atoms with Crippen molar-refractivity contribution in [3.63, 3.8) is 0 Å². The molecule has 0 bridgehead atoms. The molecule has 3 N–H and O–H groups in total. The van der Waals surface area contributed by atoms with E-state index in [1.807, 2.05) is 29.2 Å². The Morgan fingerprint density at radius 1 is 1.24 bits per heavy atom. The number of aryl methyl sites for hydroxylation is 2. The number of rotatable bonds is 13. The number of hydrogen-bond acceptors (Lipinski definition) is 6. The van der Waals surface area contributed by atoms with Crippen molar-refractivity contribution in [2.45, 2.75) is 58.9 Å². The largest absolute Gasteiger partial charge is 0.491 e. The number of benzene rings is 1. The van der Waals surface area contributed by atoms with Crippen LogP contribution in [0.2, 0.25) is 0 Å². The number of anilines is 1. The lowest BCUT2D eigenvalue weighted by Crippen LogP contribution is -2.25. The fourth-order valence-electron chi connectivity index (χ4n) is 3.80. The summed E-state index contributed by atoms with van der Waals surface area (Å²) in [6.45, 7) is 20.9. The SMILES string of the molecule is C=CCn1c(NC(=C)c2cc(C)nn2CC)nc2cc(C(N)=O)cc(OCCCOS(C)(C)C(C)(C)C)c21. The summed E-state index contributed by atoms with van der Waals surface area (Å²) < 4.78 is 16.4. The number of fused-ring (bicyclic) bond motifs is 1. The lowest BCUT2D eigenvalue weighted by atomic mass is 10.1. The number of amides is 1. The average molecular weight is 543 g/mol. The number of aromatic nitrogens is 4. The Balaban J connectivity index is 1.90. The van der Waals surface area contributed by atoms with Gasteiger partial charge in [0.1, 0.15) is 11.3 Å². The Hall–Kier alpha value is -3.24. The third-order valence-electron chi connectivity index (χ3n) is 6.58. The van der Waals surface area contributed by atoms with Gasteiger partial charge in [0, 0.05) is 29.8 Å². The molecule has 38 heavy (non-hydrogen) atoms. The van der Waals surface area contributed by atoms with E-state index < -0.39 is 16.2 Å². The molecule has 3 aromatic rings. The highest BCUT2D eigenvalue weighted by Gasteiger charge is 2.28. The van der Waals surface area contributed by atoms with Gasteiger partial charge in [-0.3, -0.25) is 9.48 Å². The van der Waals surface area contributed by atoms with E-state index in [-0.39, 0.29) is 4.75 Å². The second-order valence-electron chi connectivity index (χ2n) is 10.5. The molecule has 1 amide bonds. The zero-order valence-electron chi connectivity index (χ0n) is 23.8. The highest BCUT2D eigenvalue weighted by atomic mass is 32.3. The average Bonchev–Trinajstić information content (AvgIpc) is 3.38. The van der Waals surface area contributed by atoms with Crippen molar-refractivity contribution in [3.05, 3.63) is 54.4 Å². The predicted molar refractivity (Wildman–Crippen MR) is 159 cm³/mol. The predicted octanol–water partition coefficient (Wildman–Crippen LogP) is 5.49. The van der Waals surface area contributed by atoms with E-state index in [2.05, 4.69) is 56.9 Å². The molecule has 0 spiro atoms. The van der Waals surface area contributed by atoms with E-state index in [9.17, 15) is 4.79 Å². The maximum absolute atomic E-state index is 12.1. The third kappa shape index (κ3) is 6.42. The molecule has 9 nitrogen and oxygen atoms in total.